The van der Waals surface area contributed by atoms with Crippen LogP contribution < -0.4 is 5.32 Å². The number of alkyl halides is 3. The minimum atomic E-state index is -4.49. The van der Waals surface area contributed by atoms with Crippen LogP contribution >= 0.6 is 11.3 Å². The van der Waals surface area contributed by atoms with E-state index in [4.69, 9.17) is 0 Å². The molecule has 8 heteroatoms. The van der Waals surface area contributed by atoms with Crippen LogP contribution in [0, 0.1) is 13.8 Å². The number of aryl methyl sites for hydroxylation is 2. The first-order valence-electron chi connectivity index (χ1n) is 8.27. The average molecular weight is 393 g/mol. The molecule has 0 radical (unpaired) electrons. The first-order valence-corrected chi connectivity index (χ1v) is 9.15. The van der Waals surface area contributed by atoms with Gasteiger partial charge in [0.25, 0.3) is 5.91 Å². The Morgan fingerprint density at radius 2 is 2.00 bits per heavy atom. The van der Waals surface area contributed by atoms with Crippen molar-refractivity contribution in [3.63, 3.8) is 0 Å². The SMILES string of the molecule is Cc1cc(C)n(C(CNC(=O)c2cccc(C(F)(F)F)c2)c2cccs2)n1. The maximum absolute atomic E-state index is 12.9. The third kappa shape index (κ3) is 4.39. The number of amides is 1. The van der Waals surface area contributed by atoms with Gasteiger partial charge in [0.2, 0.25) is 0 Å². The van der Waals surface area contributed by atoms with E-state index < -0.39 is 17.6 Å². The molecule has 0 aliphatic heterocycles. The number of benzene rings is 1. The highest BCUT2D eigenvalue weighted by atomic mass is 32.1. The zero-order valence-electron chi connectivity index (χ0n) is 14.7. The van der Waals surface area contributed by atoms with Gasteiger partial charge in [-0.2, -0.15) is 18.3 Å². The molecule has 142 valence electrons. The number of halogens is 3. The van der Waals surface area contributed by atoms with E-state index in [1.54, 1.807) is 0 Å². The highest BCUT2D eigenvalue weighted by Gasteiger charge is 2.31. The Morgan fingerprint density at radius 3 is 2.59 bits per heavy atom. The van der Waals surface area contributed by atoms with E-state index in [-0.39, 0.29) is 18.2 Å². The minimum absolute atomic E-state index is 0.0249. The molecule has 1 amide bonds. The number of aromatic nitrogens is 2. The fraction of sp³-hybridized carbons (Fsp3) is 0.263. The van der Waals surface area contributed by atoms with E-state index in [1.807, 2.05) is 42.1 Å². The molecule has 0 saturated heterocycles. The molecule has 0 aliphatic carbocycles. The number of carbonyl (C=O) groups excluding carboxylic acids is 1. The number of nitrogens with one attached hydrogen (secondary N) is 1. The lowest BCUT2D eigenvalue weighted by atomic mass is 10.1. The first kappa shape index (κ1) is 19.2. The number of nitrogens with zero attached hydrogens (tertiary/aromatic N) is 2. The summed E-state index contributed by atoms with van der Waals surface area (Å²) in [7, 11) is 0. The fourth-order valence-electron chi connectivity index (χ4n) is 2.88. The third-order valence-electron chi connectivity index (χ3n) is 4.12. The third-order valence-corrected chi connectivity index (χ3v) is 5.09. The summed E-state index contributed by atoms with van der Waals surface area (Å²) in [6.07, 6.45) is -4.49. The minimum Gasteiger partial charge on any atom is -0.350 e. The molecule has 3 rings (SSSR count). The Labute approximate surface area is 158 Å². The van der Waals surface area contributed by atoms with E-state index >= 15 is 0 Å². The van der Waals surface area contributed by atoms with Crippen molar-refractivity contribution in [2.45, 2.75) is 26.1 Å². The van der Waals surface area contributed by atoms with Gasteiger partial charge < -0.3 is 5.32 Å². The van der Waals surface area contributed by atoms with Crippen LogP contribution in [0.4, 0.5) is 13.2 Å². The monoisotopic (exact) mass is 393 g/mol. The highest BCUT2D eigenvalue weighted by molar-refractivity contribution is 7.10. The van der Waals surface area contributed by atoms with Crippen LogP contribution in [0.15, 0.2) is 47.8 Å². The second kappa shape index (κ2) is 7.56. The Kier molecular flexibility index (Phi) is 5.36. The van der Waals surface area contributed by atoms with Crippen molar-refractivity contribution in [1.29, 1.82) is 0 Å². The topological polar surface area (TPSA) is 46.9 Å². The summed E-state index contributed by atoms with van der Waals surface area (Å²) in [6, 6.07) is 9.97. The Bertz CT molecular complexity index is 932. The molecule has 2 aromatic heterocycles. The van der Waals surface area contributed by atoms with E-state index in [1.165, 1.54) is 23.5 Å². The van der Waals surface area contributed by atoms with Crippen molar-refractivity contribution >= 4 is 17.2 Å². The van der Waals surface area contributed by atoms with Gasteiger partial charge in [-0.15, -0.1) is 11.3 Å². The molecule has 0 spiro atoms. The molecule has 0 bridgehead atoms. The van der Waals surface area contributed by atoms with Gasteiger partial charge in [-0.05, 0) is 49.6 Å². The number of rotatable bonds is 5. The molecule has 0 saturated carbocycles. The zero-order chi connectivity index (χ0) is 19.6. The van der Waals surface area contributed by atoms with Crippen LogP contribution in [-0.4, -0.2) is 22.2 Å². The maximum atomic E-state index is 12.9. The highest BCUT2D eigenvalue weighted by Crippen LogP contribution is 2.29. The first-order chi connectivity index (χ1) is 12.8. The molecule has 0 fully saturated rings. The van der Waals surface area contributed by atoms with Gasteiger partial charge in [0.1, 0.15) is 6.04 Å². The van der Waals surface area contributed by atoms with Gasteiger partial charge in [-0.3, -0.25) is 9.48 Å². The predicted octanol–water partition coefficient (Wildman–Crippen LogP) is 4.60. The second-order valence-electron chi connectivity index (χ2n) is 6.19. The van der Waals surface area contributed by atoms with Crippen LogP contribution in [0.1, 0.15) is 38.2 Å². The molecule has 27 heavy (non-hydrogen) atoms. The fourth-order valence-corrected chi connectivity index (χ4v) is 3.69. The number of thiophene rings is 1. The van der Waals surface area contributed by atoms with Crippen LogP contribution in [0.5, 0.6) is 0 Å². The largest absolute Gasteiger partial charge is 0.416 e. The Balaban J connectivity index is 1.80. The molecular weight excluding hydrogens is 375 g/mol. The second-order valence-corrected chi connectivity index (χ2v) is 7.17. The molecule has 3 aromatic rings. The average Bonchev–Trinajstić information content (AvgIpc) is 3.25. The normalized spacial score (nSPS) is 12.8. The van der Waals surface area contributed by atoms with Crippen LogP contribution in [0.3, 0.4) is 0 Å². The molecule has 4 nitrogen and oxygen atoms in total. The molecule has 1 N–H and O–H groups in total. The Morgan fingerprint density at radius 1 is 1.22 bits per heavy atom. The number of hydrogen-bond acceptors (Lipinski definition) is 3. The predicted molar refractivity (Wildman–Crippen MR) is 97.9 cm³/mol. The van der Waals surface area contributed by atoms with E-state index in [0.717, 1.165) is 28.4 Å². The summed E-state index contributed by atoms with van der Waals surface area (Å²) in [4.78, 5) is 13.4. The van der Waals surface area contributed by atoms with Gasteiger partial charge in [-0.25, -0.2) is 0 Å². The summed E-state index contributed by atoms with van der Waals surface area (Å²) in [5.74, 6) is -0.552. The molecule has 1 atom stereocenters. The molecule has 1 unspecified atom stereocenters. The van der Waals surface area contributed by atoms with Crippen LogP contribution in [0.2, 0.25) is 0 Å². The molecule has 1 aromatic carbocycles. The van der Waals surface area contributed by atoms with E-state index in [9.17, 15) is 18.0 Å². The van der Waals surface area contributed by atoms with Crippen molar-refractivity contribution in [3.05, 3.63) is 75.2 Å². The standard InChI is InChI=1S/C19H18F3N3OS/c1-12-9-13(2)25(24-12)16(17-7-4-8-27-17)11-23-18(26)14-5-3-6-15(10-14)19(20,21)22/h3-10,16H,11H2,1-2H3,(H,23,26). The molecule has 0 aliphatic rings. The summed E-state index contributed by atoms with van der Waals surface area (Å²) in [5, 5.41) is 9.16. The number of hydrogen-bond donors (Lipinski definition) is 1. The van der Waals surface area contributed by atoms with Crippen molar-refractivity contribution in [2.24, 2.45) is 0 Å². The Hall–Kier alpha value is -2.61. The van der Waals surface area contributed by atoms with Gasteiger partial charge >= 0.3 is 6.18 Å². The lowest BCUT2D eigenvalue weighted by Crippen LogP contribution is -2.32. The lowest BCUT2D eigenvalue weighted by Gasteiger charge is -2.19. The quantitative estimate of drug-likeness (QED) is 0.689. The van der Waals surface area contributed by atoms with E-state index in [0.29, 0.717) is 0 Å². The van der Waals surface area contributed by atoms with E-state index in [2.05, 4.69) is 10.4 Å². The van der Waals surface area contributed by atoms with Gasteiger partial charge in [-0.1, -0.05) is 12.1 Å². The van der Waals surface area contributed by atoms with Gasteiger partial charge in [0, 0.05) is 22.7 Å². The van der Waals surface area contributed by atoms with Crippen LogP contribution in [-0.2, 0) is 6.18 Å². The summed E-state index contributed by atoms with van der Waals surface area (Å²) >= 11 is 1.54. The molecule has 2 heterocycles. The van der Waals surface area contributed by atoms with Crippen molar-refractivity contribution in [1.82, 2.24) is 15.1 Å². The van der Waals surface area contributed by atoms with Crippen molar-refractivity contribution < 1.29 is 18.0 Å². The number of carbonyl (C=O) groups is 1. The summed E-state index contributed by atoms with van der Waals surface area (Å²) in [6.45, 7) is 4.03. The lowest BCUT2D eigenvalue weighted by molar-refractivity contribution is -0.137. The molecular formula is C19H18F3N3OS. The maximum Gasteiger partial charge on any atom is 0.416 e. The zero-order valence-corrected chi connectivity index (χ0v) is 15.6. The van der Waals surface area contributed by atoms with Crippen molar-refractivity contribution in [2.75, 3.05) is 6.54 Å². The van der Waals surface area contributed by atoms with Gasteiger partial charge in [0.15, 0.2) is 0 Å². The van der Waals surface area contributed by atoms with Crippen molar-refractivity contribution in [3.8, 4) is 0 Å². The summed E-state index contributed by atoms with van der Waals surface area (Å²) < 4.78 is 40.4. The van der Waals surface area contributed by atoms with Crippen LogP contribution in [0.25, 0.3) is 0 Å². The van der Waals surface area contributed by atoms with Gasteiger partial charge in [0.05, 0.1) is 11.3 Å². The summed E-state index contributed by atoms with van der Waals surface area (Å²) in [5.41, 5.74) is 0.934. The smallest absolute Gasteiger partial charge is 0.350 e.